The zero-order valence-electron chi connectivity index (χ0n) is 13.6. The standard InChI is InChI=1S/C18H18FN5O/c19-13-7-5-12(6-8-13)16(11-3-1-2-4-11)21-18(25)15-10-9-14-17(20-15)23-24-22-14/h5-11,16H,1-4H2,(H,21,25)(H,20,22,23,24). The molecule has 1 fully saturated rings. The van der Waals surface area contributed by atoms with Crippen LogP contribution in [0.25, 0.3) is 11.2 Å². The maximum absolute atomic E-state index is 13.3. The molecule has 6 nitrogen and oxygen atoms in total. The second-order valence-corrected chi connectivity index (χ2v) is 6.41. The van der Waals surface area contributed by atoms with Crippen LogP contribution in [0.5, 0.6) is 0 Å². The second kappa shape index (κ2) is 6.58. The van der Waals surface area contributed by atoms with Crippen molar-refractivity contribution >= 4 is 17.1 Å². The van der Waals surface area contributed by atoms with Gasteiger partial charge in [-0.25, -0.2) is 9.37 Å². The van der Waals surface area contributed by atoms with Crippen molar-refractivity contribution in [1.82, 2.24) is 25.7 Å². The first-order valence-electron chi connectivity index (χ1n) is 8.44. The Morgan fingerprint density at radius 1 is 1.12 bits per heavy atom. The van der Waals surface area contributed by atoms with E-state index in [1.807, 2.05) is 0 Å². The molecule has 1 aliphatic rings. The highest BCUT2D eigenvalue weighted by Crippen LogP contribution is 2.36. The van der Waals surface area contributed by atoms with Crippen molar-refractivity contribution in [3.8, 4) is 0 Å². The van der Waals surface area contributed by atoms with E-state index in [0.717, 1.165) is 31.2 Å². The average Bonchev–Trinajstić information content (AvgIpc) is 3.31. The molecule has 2 N–H and O–H groups in total. The Morgan fingerprint density at radius 2 is 1.88 bits per heavy atom. The summed E-state index contributed by atoms with van der Waals surface area (Å²) in [6.45, 7) is 0. The molecule has 0 saturated heterocycles. The van der Waals surface area contributed by atoms with E-state index in [9.17, 15) is 9.18 Å². The van der Waals surface area contributed by atoms with Crippen LogP contribution in [0.4, 0.5) is 4.39 Å². The van der Waals surface area contributed by atoms with Gasteiger partial charge in [0.05, 0.1) is 6.04 Å². The van der Waals surface area contributed by atoms with E-state index in [1.165, 1.54) is 12.1 Å². The van der Waals surface area contributed by atoms with Crippen molar-refractivity contribution in [3.05, 3.63) is 53.5 Å². The van der Waals surface area contributed by atoms with Crippen LogP contribution in [-0.2, 0) is 0 Å². The van der Waals surface area contributed by atoms with Crippen molar-refractivity contribution < 1.29 is 9.18 Å². The van der Waals surface area contributed by atoms with Gasteiger partial charge in [0.15, 0.2) is 0 Å². The number of nitrogens with one attached hydrogen (secondary N) is 2. The number of fused-ring (bicyclic) bond motifs is 1. The second-order valence-electron chi connectivity index (χ2n) is 6.41. The van der Waals surface area contributed by atoms with Crippen molar-refractivity contribution in [2.24, 2.45) is 5.92 Å². The zero-order chi connectivity index (χ0) is 17.2. The van der Waals surface area contributed by atoms with Gasteiger partial charge in [-0.3, -0.25) is 4.79 Å². The molecule has 0 aliphatic heterocycles. The molecular weight excluding hydrogens is 321 g/mol. The van der Waals surface area contributed by atoms with Crippen LogP contribution in [0, 0.1) is 11.7 Å². The molecule has 1 unspecified atom stereocenters. The summed E-state index contributed by atoms with van der Waals surface area (Å²) in [6, 6.07) is 9.55. The molecule has 1 amide bonds. The first-order valence-corrected chi connectivity index (χ1v) is 8.44. The van der Waals surface area contributed by atoms with Crippen LogP contribution in [0.15, 0.2) is 36.4 Å². The number of aromatic amines is 1. The fraction of sp³-hybridized carbons (Fsp3) is 0.333. The summed E-state index contributed by atoms with van der Waals surface area (Å²) >= 11 is 0. The number of carbonyl (C=O) groups is 1. The molecule has 2 heterocycles. The Morgan fingerprint density at radius 3 is 2.64 bits per heavy atom. The monoisotopic (exact) mass is 339 g/mol. The fourth-order valence-corrected chi connectivity index (χ4v) is 3.51. The summed E-state index contributed by atoms with van der Waals surface area (Å²) in [7, 11) is 0. The minimum absolute atomic E-state index is 0.148. The Hall–Kier alpha value is -2.83. The highest BCUT2D eigenvalue weighted by molar-refractivity contribution is 5.94. The molecule has 0 radical (unpaired) electrons. The summed E-state index contributed by atoms with van der Waals surface area (Å²) in [5.74, 6) is -0.185. The van der Waals surface area contributed by atoms with E-state index < -0.39 is 0 Å². The van der Waals surface area contributed by atoms with E-state index in [1.54, 1.807) is 24.3 Å². The lowest BCUT2D eigenvalue weighted by Gasteiger charge is -2.25. The highest BCUT2D eigenvalue weighted by Gasteiger charge is 2.28. The molecule has 1 atom stereocenters. The van der Waals surface area contributed by atoms with Gasteiger partial charge in [-0.2, -0.15) is 10.3 Å². The number of nitrogens with zero attached hydrogens (tertiary/aromatic N) is 3. The van der Waals surface area contributed by atoms with Gasteiger partial charge in [-0.1, -0.05) is 25.0 Å². The normalized spacial score (nSPS) is 16.2. The lowest BCUT2D eigenvalue weighted by Crippen LogP contribution is -2.33. The van der Waals surface area contributed by atoms with Crippen LogP contribution >= 0.6 is 0 Å². The van der Waals surface area contributed by atoms with Gasteiger partial charge < -0.3 is 5.32 Å². The SMILES string of the molecule is O=C(NC(c1ccc(F)cc1)C1CCCC1)c1ccc2n[nH]nc2n1. The number of amides is 1. The van der Waals surface area contributed by atoms with Gasteiger partial charge in [-0.05, 0) is 48.6 Å². The molecule has 128 valence electrons. The molecule has 1 aromatic carbocycles. The van der Waals surface area contributed by atoms with Crippen LogP contribution < -0.4 is 5.32 Å². The van der Waals surface area contributed by atoms with Gasteiger partial charge in [0, 0.05) is 0 Å². The topological polar surface area (TPSA) is 83.6 Å². The molecule has 2 aromatic heterocycles. The fourth-order valence-electron chi connectivity index (χ4n) is 3.51. The third-order valence-corrected chi connectivity index (χ3v) is 4.80. The molecule has 3 aromatic rings. The quantitative estimate of drug-likeness (QED) is 0.765. The molecule has 1 saturated carbocycles. The summed E-state index contributed by atoms with van der Waals surface area (Å²) in [5, 5.41) is 13.4. The van der Waals surface area contributed by atoms with Gasteiger partial charge in [0.2, 0.25) is 5.65 Å². The highest BCUT2D eigenvalue weighted by atomic mass is 19.1. The first kappa shape index (κ1) is 15.7. The maximum Gasteiger partial charge on any atom is 0.270 e. The van der Waals surface area contributed by atoms with E-state index >= 15 is 0 Å². The lowest BCUT2D eigenvalue weighted by molar-refractivity contribution is 0.0917. The van der Waals surface area contributed by atoms with Crippen molar-refractivity contribution in [2.75, 3.05) is 0 Å². The van der Waals surface area contributed by atoms with Crippen LogP contribution in [-0.4, -0.2) is 26.3 Å². The summed E-state index contributed by atoms with van der Waals surface area (Å²) < 4.78 is 13.3. The largest absolute Gasteiger partial charge is 0.344 e. The molecular formula is C18H18FN5O. The number of H-pyrrole nitrogens is 1. The number of carbonyl (C=O) groups excluding carboxylic acids is 1. The van der Waals surface area contributed by atoms with E-state index in [4.69, 9.17) is 0 Å². The Bertz CT molecular complexity index is 886. The summed E-state index contributed by atoms with van der Waals surface area (Å²) in [6.07, 6.45) is 4.42. The third kappa shape index (κ3) is 3.22. The van der Waals surface area contributed by atoms with Crippen LogP contribution in [0.2, 0.25) is 0 Å². The number of benzene rings is 1. The van der Waals surface area contributed by atoms with Crippen molar-refractivity contribution in [3.63, 3.8) is 0 Å². The molecule has 1 aliphatic carbocycles. The molecule has 7 heteroatoms. The first-order chi connectivity index (χ1) is 12.2. The van der Waals surface area contributed by atoms with Crippen LogP contribution in [0.1, 0.15) is 47.8 Å². The number of hydrogen-bond donors (Lipinski definition) is 2. The number of pyridine rings is 1. The number of hydrogen-bond acceptors (Lipinski definition) is 4. The van der Waals surface area contributed by atoms with E-state index in [0.29, 0.717) is 22.8 Å². The minimum atomic E-state index is -0.279. The number of halogens is 1. The molecule has 0 bridgehead atoms. The van der Waals surface area contributed by atoms with Crippen molar-refractivity contribution in [1.29, 1.82) is 0 Å². The predicted molar refractivity (Wildman–Crippen MR) is 90.2 cm³/mol. The predicted octanol–water partition coefficient (Wildman–Crippen LogP) is 3.15. The third-order valence-electron chi connectivity index (χ3n) is 4.80. The Balaban J connectivity index is 1.60. The Kier molecular flexibility index (Phi) is 4.13. The van der Waals surface area contributed by atoms with Gasteiger partial charge >= 0.3 is 0 Å². The lowest BCUT2D eigenvalue weighted by atomic mass is 9.91. The Labute approximate surface area is 143 Å². The number of rotatable bonds is 4. The van der Waals surface area contributed by atoms with Crippen LogP contribution in [0.3, 0.4) is 0 Å². The smallest absolute Gasteiger partial charge is 0.270 e. The number of aromatic nitrogens is 4. The average molecular weight is 339 g/mol. The minimum Gasteiger partial charge on any atom is -0.344 e. The van der Waals surface area contributed by atoms with Gasteiger partial charge in [-0.15, -0.1) is 5.10 Å². The maximum atomic E-state index is 13.3. The van der Waals surface area contributed by atoms with Crippen molar-refractivity contribution in [2.45, 2.75) is 31.7 Å². The molecule has 0 spiro atoms. The van der Waals surface area contributed by atoms with E-state index in [2.05, 4.69) is 25.7 Å². The summed E-state index contributed by atoms with van der Waals surface area (Å²) in [5.41, 5.74) is 2.24. The summed E-state index contributed by atoms with van der Waals surface area (Å²) in [4.78, 5) is 17.0. The van der Waals surface area contributed by atoms with Gasteiger partial charge in [0.1, 0.15) is 17.0 Å². The zero-order valence-corrected chi connectivity index (χ0v) is 13.6. The molecule has 4 rings (SSSR count). The molecule has 25 heavy (non-hydrogen) atoms. The van der Waals surface area contributed by atoms with E-state index in [-0.39, 0.29) is 17.8 Å². The van der Waals surface area contributed by atoms with Gasteiger partial charge in [0.25, 0.3) is 5.91 Å².